The molecule has 1 heterocycles. The number of nitrogens with zero attached hydrogens (tertiary/aromatic N) is 2. The van der Waals surface area contributed by atoms with Crippen LogP contribution in [0.3, 0.4) is 0 Å². The number of phenolic OH excluding ortho intramolecular Hbond substituents is 1. The second-order valence-electron chi connectivity index (χ2n) is 7.84. The third-order valence-corrected chi connectivity index (χ3v) is 5.44. The summed E-state index contributed by atoms with van der Waals surface area (Å²) in [6, 6.07) is 6.41. The van der Waals surface area contributed by atoms with Crippen LogP contribution < -0.4 is 4.74 Å². The van der Waals surface area contributed by atoms with Gasteiger partial charge in [0.1, 0.15) is 0 Å². The zero-order valence-electron chi connectivity index (χ0n) is 15.4. The topological polar surface area (TPSA) is 35.9 Å². The SMILES string of the molecule is COc1ccc(CN2CCCN(CC3CC3)[C@@H](C(C)C)C2)cc1O. The number of hydrogen-bond acceptors (Lipinski definition) is 4. The summed E-state index contributed by atoms with van der Waals surface area (Å²) in [4.78, 5) is 5.30. The van der Waals surface area contributed by atoms with Gasteiger partial charge in [0.2, 0.25) is 0 Å². The average Bonchev–Trinajstić information content (AvgIpc) is 3.36. The van der Waals surface area contributed by atoms with Crippen LogP contribution in [0.5, 0.6) is 11.5 Å². The van der Waals surface area contributed by atoms with Crippen LogP contribution >= 0.6 is 0 Å². The molecule has 0 aromatic heterocycles. The van der Waals surface area contributed by atoms with Crippen LogP contribution in [-0.2, 0) is 6.54 Å². The van der Waals surface area contributed by atoms with Crippen molar-refractivity contribution in [2.45, 2.75) is 45.7 Å². The van der Waals surface area contributed by atoms with E-state index in [4.69, 9.17) is 4.74 Å². The number of methoxy groups -OCH3 is 1. The van der Waals surface area contributed by atoms with Gasteiger partial charge in [-0.1, -0.05) is 19.9 Å². The molecule has 2 aliphatic rings. The van der Waals surface area contributed by atoms with Gasteiger partial charge >= 0.3 is 0 Å². The monoisotopic (exact) mass is 332 g/mol. The molecule has 2 fully saturated rings. The van der Waals surface area contributed by atoms with Gasteiger partial charge in [-0.2, -0.15) is 0 Å². The summed E-state index contributed by atoms with van der Waals surface area (Å²) in [6.07, 6.45) is 4.09. The van der Waals surface area contributed by atoms with Crippen molar-refractivity contribution in [3.63, 3.8) is 0 Å². The molecule has 134 valence electrons. The lowest BCUT2D eigenvalue weighted by molar-refractivity contribution is 0.132. The van der Waals surface area contributed by atoms with Gasteiger partial charge in [-0.25, -0.2) is 0 Å². The summed E-state index contributed by atoms with van der Waals surface area (Å²) in [6.45, 7) is 10.4. The molecular formula is C20H32N2O2. The fourth-order valence-corrected chi connectivity index (χ4v) is 3.86. The van der Waals surface area contributed by atoms with Crippen molar-refractivity contribution in [1.82, 2.24) is 9.80 Å². The predicted molar refractivity (Wildman–Crippen MR) is 97.5 cm³/mol. The van der Waals surface area contributed by atoms with E-state index in [-0.39, 0.29) is 5.75 Å². The first kappa shape index (κ1) is 17.6. The van der Waals surface area contributed by atoms with Crippen LogP contribution in [-0.4, -0.2) is 54.2 Å². The smallest absolute Gasteiger partial charge is 0.160 e. The van der Waals surface area contributed by atoms with E-state index in [2.05, 4.69) is 29.7 Å². The van der Waals surface area contributed by atoms with E-state index < -0.39 is 0 Å². The Bertz CT molecular complexity index is 542. The molecule has 1 saturated heterocycles. The molecule has 1 aliphatic heterocycles. The number of ether oxygens (including phenoxy) is 1. The van der Waals surface area contributed by atoms with E-state index in [0.717, 1.165) is 31.1 Å². The second kappa shape index (κ2) is 7.75. The standard InChI is InChI=1S/C20H32N2O2/c1-15(2)18-14-21(9-4-10-22(18)13-16-5-6-16)12-17-7-8-20(24-3)19(23)11-17/h7-8,11,15-16,18,23H,4-6,9-10,12-14H2,1-3H3/t18-/m1/s1. The lowest BCUT2D eigenvalue weighted by Gasteiger charge is -2.34. The van der Waals surface area contributed by atoms with Gasteiger partial charge < -0.3 is 9.84 Å². The maximum absolute atomic E-state index is 10.0. The van der Waals surface area contributed by atoms with Crippen LogP contribution in [0.15, 0.2) is 18.2 Å². The summed E-state index contributed by atoms with van der Waals surface area (Å²) in [5.41, 5.74) is 1.16. The summed E-state index contributed by atoms with van der Waals surface area (Å²) in [7, 11) is 1.59. The number of rotatable bonds is 6. The third kappa shape index (κ3) is 4.42. The maximum Gasteiger partial charge on any atom is 0.160 e. The molecular weight excluding hydrogens is 300 g/mol. The Labute approximate surface area is 146 Å². The number of benzene rings is 1. The molecule has 0 amide bonds. The van der Waals surface area contributed by atoms with Gasteiger partial charge in [0.05, 0.1) is 7.11 Å². The molecule has 0 radical (unpaired) electrons. The minimum Gasteiger partial charge on any atom is -0.504 e. The van der Waals surface area contributed by atoms with E-state index in [1.165, 1.54) is 32.4 Å². The van der Waals surface area contributed by atoms with E-state index in [1.54, 1.807) is 7.11 Å². The van der Waals surface area contributed by atoms with Crippen LogP contribution in [0.4, 0.5) is 0 Å². The van der Waals surface area contributed by atoms with Crippen molar-refractivity contribution in [3.8, 4) is 11.5 Å². The Hall–Kier alpha value is -1.26. The van der Waals surface area contributed by atoms with E-state index in [9.17, 15) is 5.11 Å². The lowest BCUT2D eigenvalue weighted by atomic mass is 10.0. The van der Waals surface area contributed by atoms with E-state index >= 15 is 0 Å². The van der Waals surface area contributed by atoms with Gasteiger partial charge in [0.15, 0.2) is 11.5 Å². The molecule has 0 spiro atoms. The molecule has 0 bridgehead atoms. The highest BCUT2D eigenvalue weighted by Crippen LogP contribution is 2.32. The molecule has 24 heavy (non-hydrogen) atoms. The second-order valence-corrected chi connectivity index (χ2v) is 7.84. The Morgan fingerprint density at radius 1 is 1.25 bits per heavy atom. The molecule has 1 aromatic carbocycles. The molecule has 4 nitrogen and oxygen atoms in total. The number of phenols is 1. The highest BCUT2D eigenvalue weighted by Gasteiger charge is 2.32. The average molecular weight is 332 g/mol. The Balaban J connectivity index is 1.65. The molecule has 1 aromatic rings. The zero-order chi connectivity index (χ0) is 17.1. The quantitative estimate of drug-likeness (QED) is 0.867. The molecule has 0 unspecified atom stereocenters. The summed E-state index contributed by atoms with van der Waals surface area (Å²) in [5, 5.41) is 10.0. The van der Waals surface area contributed by atoms with Crippen molar-refractivity contribution in [2.75, 3.05) is 33.3 Å². The van der Waals surface area contributed by atoms with Crippen molar-refractivity contribution >= 4 is 0 Å². The van der Waals surface area contributed by atoms with Crippen LogP contribution in [0.2, 0.25) is 0 Å². The Kier molecular flexibility index (Phi) is 5.67. The highest BCUT2D eigenvalue weighted by molar-refractivity contribution is 5.41. The van der Waals surface area contributed by atoms with Gasteiger partial charge in [-0.3, -0.25) is 9.80 Å². The first-order valence-corrected chi connectivity index (χ1v) is 9.39. The fourth-order valence-electron chi connectivity index (χ4n) is 3.86. The first-order valence-electron chi connectivity index (χ1n) is 9.39. The summed E-state index contributed by atoms with van der Waals surface area (Å²) < 4.78 is 5.15. The van der Waals surface area contributed by atoms with Crippen molar-refractivity contribution in [2.24, 2.45) is 11.8 Å². The third-order valence-electron chi connectivity index (χ3n) is 5.44. The van der Waals surface area contributed by atoms with Crippen LogP contribution in [0, 0.1) is 11.8 Å². The largest absolute Gasteiger partial charge is 0.504 e. The fraction of sp³-hybridized carbons (Fsp3) is 0.700. The molecule has 4 heteroatoms. The van der Waals surface area contributed by atoms with Crippen LogP contribution in [0.25, 0.3) is 0 Å². The van der Waals surface area contributed by atoms with Gasteiger partial charge in [-0.15, -0.1) is 0 Å². The molecule has 3 rings (SSSR count). The van der Waals surface area contributed by atoms with Gasteiger partial charge in [0, 0.05) is 25.7 Å². The van der Waals surface area contributed by atoms with Gasteiger partial charge in [-0.05, 0) is 61.9 Å². The molecule has 1 N–H and O–H groups in total. The minimum atomic E-state index is 0.237. The van der Waals surface area contributed by atoms with E-state index in [0.29, 0.717) is 17.7 Å². The summed E-state index contributed by atoms with van der Waals surface area (Å²) >= 11 is 0. The van der Waals surface area contributed by atoms with Crippen LogP contribution in [0.1, 0.15) is 38.7 Å². The Morgan fingerprint density at radius 2 is 2.04 bits per heavy atom. The number of hydrogen-bond donors (Lipinski definition) is 1. The molecule has 1 saturated carbocycles. The number of aromatic hydroxyl groups is 1. The molecule has 1 atom stereocenters. The zero-order valence-corrected chi connectivity index (χ0v) is 15.4. The first-order chi connectivity index (χ1) is 11.6. The lowest BCUT2D eigenvalue weighted by Crippen LogP contribution is -2.45. The van der Waals surface area contributed by atoms with Crippen molar-refractivity contribution in [1.29, 1.82) is 0 Å². The van der Waals surface area contributed by atoms with Gasteiger partial charge in [0.25, 0.3) is 0 Å². The summed E-state index contributed by atoms with van der Waals surface area (Å²) in [5.74, 6) is 2.41. The highest BCUT2D eigenvalue weighted by atomic mass is 16.5. The molecule has 1 aliphatic carbocycles. The normalized spacial score (nSPS) is 23.4. The van der Waals surface area contributed by atoms with E-state index in [1.807, 2.05) is 12.1 Å². The van der Waals surface area contributed by atoms with Crippen molar-refractivity contribution in [3.05, 3.63) is 23.8 Å². The maximum atomic E-state index is 10.0. The predicted octanol–water partition coefficient (Wildman–Crippen LogP) is 3.34. The minimum absolute atomic E-state index is 0.237. The van der Waals surface area contributed by atoms with Crippen molar-refractivity contribution < 1.29 is 9.84 Å². The Morgan fingerprint density at radius 3 is 2.67 bits per heavy atom.